The summed E-state index contributed by atoms with van der Waals surface area (Å²) in [6, 6.07) is 10.9. The zero-order valence-electron chi connectivity index (χ0n) is 17.1. The summed E-state index contributed by atoms with van der Waals surface area (Å²) in [5, 5.41) is 16.7. The number of ether oxygens (including phenoxy) is 1. The highest BCUT2D eigenvalue weighted by molar-refractivity contribution is 5.54. The maximum Gasteiger partial charge on any atom is 0.283 e. The molecule has 0 aliphatic carbocycles. The summed E-state index contributed by atoms with van der Waals surface area (Å²) < 4.78 is 22.2. The predicted octanol–water partition coefficient (Wildman–Crippen LogP) is 4.36. The van der Waals surface area contributed by atoms with Crippen molar-refractivity contribution in [2.24, 2.45) is 0 Å². The van der Waals surface area contributed by atoms with Gasteiger partial charge in [0, 0.05) is 5.56 Å². The van der Waals surface area contributed by atoms with Gasteiger partial charge < -0.3 is 18.0 Å². The standard InChI is InChI=1S/C21H23N5O4/c1-4-11-26(13-18-22-25-21(29-18)17-6-5-12-28-17)14(2)19-23-24-20(30-19)15-7-9-16(27-3)10-8-15/h5-10,12,14H,4,11,13H2,1-3H3/t14-/m0/s1. The minimum Gasteiger partial charge on any atom is -0.497 e. The first-order valence-corrected chi connectivity index (χ1v) is 9.76. The molecule has 0 aliphatic heterocycles. The second-order valence-electron chi connectivity index (χ2n) is 6.80. The molecular weight excluding hydrogens is 386 g/mol. The van der Waals surface area contributed by atoms with E-state index >= 15 is 0 Å². The highest BCUT2D eigenvalue weighted by Crippen LogP contribution is 2.27. The number of methoxy groups -OCH3 is 1. The number of furan rings is 1. The SMILES string of the molecule is CCCN(Cc1nnc(-c2ccco2)o1)[C@@H](C)c1nnc(-c2ccc(OC)cc2)o1. The molecule has 3 aromatic heterocycles. The average Bonchev–Trinajstić information content (AvgIpc) is 3.54. The molecule has 1 aromatic carbocycles. The van der Waals surface area contributed by atoms with Gasteiger partial charge >= 0.3 is 0 Å². The normalized spacial score (nSPS) is 12.4. The molecule has 1 atom stereocenters. The largest absolute Gasteiger partial charge is 0.497 e. The molecule has 0 radical (unpaired) electrons. The lowest BCUT2D eigenvalue weighted by molar-refractivity contribution is 0.160. The van der Waals surface area contributed by atoms with Crippen molar-refractivity contribution in [2.45, 2.75) is 32.9 Å². The molecule has 9 heteroatoms. The first-order chi connectivity index (χ1) is 14.7. The molecule has 0 aliphatic rings. The van der Waals surface area contributed by atoms with Crippen LogP contribution in [0.4, 0.5) is 0 Å². The van der Waals surface area contributed by atoms with Gasteiger partial charge in [0.25, 0.3) is 5.89 Å². The van der Waals surface area contributed by atoms with Crippen LogP contribution in [0.15, 0.2) is 55.9 Å². The first kappa shape index (κ1) is 19.8. The van der Waals surface area contributed by atoms with Gasteiger partial charge in [-0.15, -0.1) is 20.4 Å². The van der Waals surface area contributed by atoms with Gasteiger partial charge in [-0.2, -0.15) is 0 Å². The lowest BCUT2D eigenvalue weighted by Gasteiger charge is -2.24. The van der Waals surface area contributed by atoms with Gasteiger partial charge in [0.2, 0.25) is 17.7 Å². The monoisotopic (exact) mass is 409 g/mol. The van der Waals surface area contributed by atoms with Crippen molar-refractivity contribution >= 4 is 0 Å². The van der Waals surface area contributed by atoms with E-state index in [9.17, 15) is 0 Å². The van der Waals surface area contributed by atoms with Gasteiger partial charge in [0.1, 0.15) is 5.75 Å². The minimum absolute atomic E-state index is 0.122. The second kappa shape index (κ2) is 8.91. The summed E-state index contributed by atoms with van der Waals surface area (Å²) >= 11 is 0. The third kappa shape index (κ3) is 4.25. The van der Waals surface area contributed by atoms with Gasteiger partial charge in [-0.05, 0) is 56.3 Å². The summed E-state index contributed by atoms with van der Waals surface area (Å²) in [7, 11) is 1.63. The molecule has 156 valence electrons. The lowest BCUT2D eigenvalue weighted by atomic mass is 10.2. The summed E-state index contributed by atoms with van der Waals surface area (Å²) in [6.07, 6.45) is 2.52. The number of nitrogens with zero attached hydrogens (tertiary/aromatic N) is 5. The van der Waals surface area contributed by atoms with Crippen LogP contribution in [-0.2, 0) is 6.54 Å². The zero-order valence-corrected chi connectivity index (χ0v) is 17.1. The van der Waals surface area contributed by atoms with Crippen molar-refractivity contribution in [3.63, 3.8) is 0 Å². The fraction of sp³-hybridized carbons (Fsp3) is 0.333. The van der Waals surface area contributed by atoms with Gasteiger partial charge in [0.15, 0.2) is 5.76 Å². The lowest BCUT2D eigenvalue weighted by Crippen LogP contribution is -2.28. The first-order valence-electron chi connectivity index (χ1n) is 9.76. The molecule has 3 heterocycles. The van der Waals surface area contributed by atoms with Crippen molar-refractivity contribution in [3.05, 3.63) is 54.4 Å². The molecule has 4 aromatic rings. The molecule has 9 nitrogen and oxygen atoms in total. The summed E-state index contributed by atoms with van der Waals surface area (Å²) in [6.45, 7) is 5.39. The second-order valence-corrected chi connectivity index (χ2v) is 6.80. The molecule has 4 rings (SSSR count). The smallest absolute Gasteiger partial charge is 0.283 e. The maximum atomic E-state index is 5.95. The van der Waals surface area contributed by atoms with Gasteiger partial charge in [-0.25, -0.2) is 0 Å². The Morgan fingerprint density at radius 2 is 1.80 bits per heavy atom. The Hall–Kier alpha value is -3.46. The molecule has 0 N–H and O–H groups in total. The zero-order chi connectivity index (χ0) is 20.9. The van der Waals surface area contributed by atoms with Crippen molar-refractivity contribution in [1.29, 1.82) is 0 Å². The number of hydrogen-bond acceptors (Lipinski definition) is 9. The van der Waals surface area contributed by atoms with Crippen LogP contribution in [-0.4, -0.2) is 38.9 Å². The number of benzene rings is 1. The van der Waals surface area contributed by atoms with E-state index in [4.69, 9.17) is 18.0 Å². The van der Waals surface area contributed by atoms with Crippen LogP contribution in [0.2, 0.25) is 0 Å². The highest BCUT2D eigenvalue weighted by Gasteiger charge is 2.24. The Kier molecular flexibility index (Phi) is 5.89. The van der Waals surface area contributed by atoms with E-state index in [2.05, 4.69) is 32.2 Å². The van der Waals surface area contributed by atoms with Gasteiger partial charge in [-0.1, -0.05) is 6.92 Å². The van der Waals surface area contributed by atoms with E-state index in [1.165, 1.54) is 0 Å². The quantitative estimate of drug-likeness (QED) is 0.399. The van der Waals surface area contributed by atoms with Crippen molar-refractivity contribution in [3.8, 4) is 28.9 Å². The van der Waals surface area contributed by atoms with Crippen molar-refractivity contribution in [1.82, 2.24) is 25.3 Å². The highest BCUT2D eigenvalue weighted by atomic mass is 16.5. The third-order valence-corrected chi connectivity index (χ3v) is 4.73. The summed E-state index contributed by atoms with van der Waals surface area (Å²) in [5.74, 6) is 3.17. The number of aromatic nitrogens is 4. The molecule has 0 unspecified atom stereocenters. The fourth-order valence-electron chi connectivity index (χ4n) is 3.10. The van der Waals surface area contributed by atoms with Crippen molar-refractivity contribution in [2.75, 3.05) is 13.7 Å². The van der Waals surface area contributed by atoms with Crippen LogP contribution in [0.3, 0.4) is 0 Å². The predicted molar refractivity (Wildman–Crippen MR) is 107 cm³/mol. The molecular formula is C21H23N5O4. The van der Waals surface area contributed by atoms with Crippen LogP contribution in [0.1, 0.15) is 38.1 Å². The molecule has 0 fully saturated rings. The summed E-state index contributed by atoms with van der Waals surface area (Å²) in [5.41, 5.74) is 0.837. The molecule has 0 spiro atoms. The van der Waals surface area contributed by atoms with E-state index in [0.29, 0.717) is 35.9 Å². The fourth-order valence-corrected chi connectivity index (χ4v) is 3.10. The Morgan fingerprint density at radius 3 is 2.50 bits per heavy atom. The molecule has 0 saturated carbocycles. The van der Waals surface area contributed by atoms with Crippen LogP contribution in [0.25, 0.3) is 23.1 Å². The minimum atomic E-state index is -0.122. The maximum absolute atomic E-state index is 5.95. The topological polar surface area (TPSA) is 103 Å². The van der Waals surface area contributed by atoms with E-state index in [-0.39, 0.29) is 6.04 Å². The molecule has 0 saturated heterocycles. The van der Waals surface area contributed by atoms with E-state index in [0.717, 1.165) is 24.3 Å². The van der Waals surface area contributed by atoms with Crippen LogP contribution < -0.4 is 4.74 Å². The Balaban J connectivity index is 1.49. The van der Waals surface area contributed by atoms with Gasteiger partial charge in [-0.3, -0.25) is 4.90 Å². The van der Waals surface area contributed by atoms with Crippen LogP contribution in [0, 0.1) is 0 Å². The van der Waals surface area contributed by atoms with Crippen molar-refractivity contribution < 1.29 is 18.0 Å². The van der Waals surface area contributed by atoms with E-state index < -0.39 is 0 Å². The van der Waals surface area contributed by atoms with E-state index in [1.54, 1.807) is 25.5 Å². The Morgan fingerprint density at radius 1 is 1.00 bits per heavy atom. The molecule has 0 amide bonds. The van der Waals surface area contributed by atoms with Gasteiger partial charge in [0.05, 0.1) is 26.0 Å². The third-order valence-electron chi connectivity index (χ3n) is 4.73. The van der Waals surface area contributed by atoms with Crippen LogP contribution >= 0.6 is 0 Å². The number of rotatable bonds is 9. The molecule has 0 bridgehead atoms. The average molecular weight is 409 g/mol. The summed E-state index contributed by atoms with van der Waals surface area (Å²) in [4.78, 5) is 2.16. The Bertz CT molecular complexity index is 1060. The molecule has 30 heavy (non-hydrogen) atoms. The van der Waals surface area contributed by atoms with Crippen LogP contribution in [0.5, 0.6) is 5.75 Å². The number of hydrogen-bond donors (Lipinski definition) is 0. The Labute approximate surface area is 173 Å². The van der Waals surface area contributed by atoms with E-state index in [1.807, 2.05) is 31.2 Å².